The molecular formula is C18H18N4O3. The molecule has 2 aromatic heterocycles. The van der Waals surface area contributed by atoms with Crippen LogP contribution in [0.4, 0.5) is 17.3 Å². The van der Waals surface area contributed by atoms with E-state index in [2.05, 4.69) is 20.6 Å². The van der Waals surface area contributed by atoms with Gasteiger partial charge in [-0.1, -0.05) is 12.1 Å². The Morgan fingerprint density at radius 1 is 1.16 bits per heavy atom. The van der Waals surface area contributed by atoms with E-state index in [1.807, 2.05) is 18.2 Å². The Labute approximate surface area is 145 Å². The van der Waals surface area contributed by atoms with Gasteiger partial charge in [-0.05, 0) is 31.2 Å². The molecule has 0 atom stereocenters. The average Bonchev–Trinajstić information content (AvgIpc) is 3.13. The largest absolute Gasteiger partial charge is 0.467 e. The summed E-state index contributed by atoms with van der Waals surface area (Å²) in [5.74, 6) is 2.22. The molecule has 0 saturated heterocycles. The van der Waals surface area contributed by atoms with E-state index < -0.39 is 5.97 Å². The number of nitrogens with zero attached hydrogens (tertiary/aromatic N) is 2. The Balaban J connectivity index is 1.80. The SMILES string of the molecule is COC(=O)c1ccccc1Nc1cc(NCc2ccco2)nc(C)n1. The predicted molar refractivity (Wildman–Crippen MR) is 93.9 cm³/mol. The van der Waals surface area contributed by atoms with E-state index in [9.17, 15) is 4.79 Å². The van der Waals surface area contributed by atoms with Gasteiger partial charge < -0.3 is 19.8 Å². The van der Waals surface area contributed by atoms with Crippen LogP contribution in [0.3, 0.4) is 0 Å². The fraction of sp³-hybridized carbons (Fsp3) is 0.167. The second kappa shape index (κ2) is 7.48. The zero-order valence-corrected chi connectivity index (χ0v) is 13.9. The number of methoxy groups -OCH3 is 1. The van der Waals surface area contributed by atoms with Crippen molar-refractivity contribution in [1.82, 2.24) is 9.97 Å². The minimum absolute atomic E-state index is 0.412. The third kappa shape index (κ3) is 4.14. The van der Waals surface area contributed by atoms with Crippen LogP contribution in [0, 0.1) is 6.92 Å². The number of ether oxygens (including phenoxy) is 1. The van der Waals surface area contributed by atoms with Crippen molar-refractivity contribution in [1.29, 1.82) is 0 Å². The Hall–Kier alpha value is -3.35. The maximum Gasteiger partial charge on any atom is 0.339 e. The van der Waals surface area contributed by atoms with Gasteiger partial charge in [0.15, 0.2) is 0 Å². The van der Waals surface area contributed by atoms with Crippen LogP contribution < -0.4 is 10.6 Å². The molecule has 25 heavy (non-hydrogen) atoms. The maximum absolute atomic E-state index is 11.9. The number of aromatic nitrogens is 2. The monoisotopic (exact) mass is 338 g/mol. The summed E-state index contributed by atoms with van der Waals surface area (Å²) < 4.78 is 10.1. The van der Waals surface area contributed by atoms with Gasteiger partial charge >= 0.3 is 5.97 Å². The smallest absolute Gasteiger partial charge is 0.339 e. The molecule has 128 valence electrons. The fourth-order valence-corrected chi connectivity index (χ4v) is 2.33. The number of hydrogen-bond donors (Lipinski definition) is 2. The first-order valence-corrected chi connectivity index (χ1v) is 7.72. The number of rotatable bonds is 6. The van der Waals surface area contributed by atoms with Crippen LogP contribution in [0.25, 0.3) is 0 Å². The van der Waals surface area contributed by atoms with Crippen LogP contribution in [0.15, 0.2) is 53.1 Å². The molecule has 0 aliphatic heterocycles. The van der Waals surface area contributed by atoms with E-state index in [1.54, 1.807) is 37.5 Å². The molecular weight excluding hydrogens is 320 g/mol. The summed E-state index contributed by atoms with van der Waals surface area (Å²) in [6.45, 7) is 2.32. The molecule has 3 aromatic rings. The summed E-state index contributed by atoms with van der Waals surface area (Å²) in [6.07, 6.45) is 1.62. The number of carbonyl (C=O) groups is 1. The van der Waals surface area contributed by atoms with Crippen LogP contribution in [0.1, 0.15) is 21.9 Å². The lowest BCUT2D eigenvalue weighted by molar-refractivity contribution is 0.0602. The van der Waals surface area contributed by atoms with Crippen molar-refractivity contribution in [3.05, 3.63) is 65.9 Å². The zero-order chi connectivity index (χ0) is 17.6. The number of carbonyl (C=O) groups excluding carboxylic acids is 1. The zero-order valence-electron chi connectivity index (χ0n) is 13.9. The Morgan fingerprint density at radius 2 is 1.96 bits per heavy atom. The van der Waals surface area contributed by atoms with Crippen LogP contribution in [-0.4, -0.2) is 23.0 Å². The second-order valence-electron chi connectivity index (χ2n) is 5.28. The molecule has 2 heterocycles. The van der Waals surface area contributed by atoms with E-state index in [4.69, 9.17) is 9.15 Å². The van der Waals surface area contributed by atoms with E-state index in [1.165, 1.54) is 7.11 Å². The van der Waals surface area contributed by atoms with Crippen LogP contribution in [0.5, 0.6) is 0 Å². The van der Waals surface area contributed by atoms with Crippen LogP contribution >= 0.6 is 0 Å². The number of furan rings is 1. The summed E-state index contributed by atoms with van der Waals surface area (Å²) in [7, 11) is 1.35. The average molecular weight is 338 g/mol. The van der Waals surface area contributed by atoms with Gasteiger partial charge in [0.05, 0.1) is 31.2 Å². The highest BCUT2D eigenvalue weighted by Gasteiger charge is 2.12. The van der Waals surface area contributed by atoms with E-state index in [0.29, 0.717) is 35.3 Å². The second-order valence-corrected chi connectivity index (χ2v) is 5.28. The molecule has 0 saturated carbocycles. The highest BCUT2D eigenvalue weighted by atomic mass is 16.5. The summed E-state index contributed by atoms with van der Waals surface area (Å²) >= 11 is 0. The fourth-order valence-electron chi connectivity index (χ4n) is 2.33. The number of nitrogens with one attached hydrogen (secondary N) is 2. The maximum atomic E-state index is 11.9. The molecule has 0 radical (unpaired) electrons. The van der Waals surface area contributed by atoms with Crippen LogP contribution in [-0.2, 0) is 11.3 Å². The Bertz CT molecular complexity index is 863. The minimum Gasteiger partial charge on any atom is -0.467 e. The van der Waals surface area contributed by atoms with Gasteiger partial charge in [-0.2, -0.15) is 0 Å². The molecule has 2 N–H and O–H groups in total. The Kier molecular flexibility index (Phi) is 4.94. The standard InChI is InChI=1S/C18H18N4O3/c1-12-20-16(19-11-13-6-5-9-25-13)10-17(21-12)22-15-8-4-3-7-14(15)18(23)24-2/h3-10H,11H2,1-2H3,(H2,19,20,21,22). The van der Waals surface area contributed by atoms with Gasteiger partial charge in [-0.3, -0.25) is 0 Å². The molecule has 0 spiro atoms. The highest BCUT2D eigenvalue weighted by molar-refractivity contribution is 5.96. The first kappa shape index (κ1) is 16.5. The number of para-hydroxylation sites is 1. The molecule has 7 heteroatoms. The molecule has 0 fully saturated rings. The van der Waals surface area contributed by atoms with Crippen molar-refractivity contribution < 1.29 is 13.9 Å². The number of aryl methyl sites for hydroxylation is 1. The van der Waals surface area contributed by atoms with Gasteiger partial charge in [0.1, 0.15) is 23.2 Å². The molecule has 0 aliphatic rings. The highest BCUT2D eigenvalue weighted by Crippen LogP contribution is 2.22. The molecule has 0 amide bonds. The third-order valence-corrected chi connectivity index (χ3v) is 3.46. The van der Waals surface area contributed by atoms with Crippen molar-refractivity contribution in [2.75, 3.05) is 17.7 Å². The summed E-state index contributed by atoms with van der Waals surface area (Å²) in [6, 6.07) is 12.6. The lowest BCUT2D eigenvalue weighted by Gasteiger charge is -2.12. The lowest BCUT2D eigenvalue weighted by Crippen LogP contribution is -2.08. The molecule has 0 aliphatic carbocycles. The number of esters is 1. The van der Waals surface area contributed by atoms with Crippen molar-refractivity contribution in [3.8, 4) is 0 Å². The Morgan fingerprint density at radius 3 is 2.72 bits per heavy atom. The van der Waals surface area contributed by atoms with E-state index in [-0.39, 0.29) is 0 Å². The quantitative estimate of drug-likeness (QED) is 0.665. The molecule has 7 nitrogen and oxygen atoms in total. The topological polar surface area (TPSA) is 89.3 Å². The number of benzene rings is 1. The van der Waals surface area contributed by atoms with Gasteiger partial charge in [0, 0.05) is 6.07 Å². The molecule has 0 unspecified atom stereocenters. The number of hydrogen-bond acceptors (Lipinski definition) is 7. The lowest BCUT2D eigenvalue weighted by atomic mass is 10.2. The van der Waals surface area contributed by atoms with Crippen molar-refractivity contribution in [2.24, 2.45) is 0 Å². The first-order valence-electron chi connectivity index (χ1n) is 7.72. The normalized spacial score (nSPS) is 10.3. The van der Waals surface area contributed by atoms with E-state index in [0.717, 1.165) is 5.76 Å². The van der Waals surface area contributed by atoms with Crippen molar-refractivity contribution in [2.45, 2.75) is 13.5 Å². The van der Waals surface area contributed by atoms with Crippen molar-refractivity contribution >= 4 is 23.3 Å². The minimum atomic E-state index is -0.412. The van der Waals surface area contributed by atoms with Gasteiger partial charge in [0.25, 0.3) is 0 Å². The first-order chi connectivity index (χ1) is 12.2. The van der Waals surface area contributed by atoms with E-state index >= 15 is 0 Å². The molecule has 0 bridgehead atoms. The van der Waals surface area contributed by atoms with Crippen molar-refractivity contribution in [3.63, 3.8) is 0 Å². The summed E-state index contributed by atoms with van der Waals surface area (Å²) in [5, 5.41) is 6.33. The predicted octanol–water partition coefficient (Wildman–Crippen LogP) is 3.52. The van der Waals surface area contributed by atoms with Gasteiger partial charge in [-0.15, -0.1) is 0 Å². The van der Waals surface area contributed by atoms with Gasteiger partial charge in [-0.25, -0.2) is 14.8 Å². The third-order valence-electron chi connectivity index (χ3n) is 3.46. The summed E-state index contributed by atoms with van der Waals surface area (Å²) in [4.78, 5) is 20.6. The van der Waals surface area contributed by atoms with Gasteiger partial charge in [0.2, 0.25) is 0 Å². The van der Waals surface area contributed by atoms with Crippen LogP contribution in [0.2, 0.25) is 0 Å². The molecule has 3 rings (SSSR count). The molecule has 1 aromatic carbocycles. The summed E-state index contributed by atoms with van der Waals surface area (Å²) in [5.41, 5.74) is 1.05. The number of anilines is 3.